The summed E-state index contributed by atoms with van der Waals surface area (Å²) in [5.74, 6) is 0.0726. The minimum Gasteiger partial charge on any atom is -0.333 e. The topological polar surface area (TPSA) is 67.2 Å². The zero-order valence-corrected chi connectivity index (χ0v) is 18.0. The maximum Gasteiger partial charge on any atom is 0.262 e. The highest BCUT2D eigenvalue weighted by Gasteiger charge is 2.27. The van der Waals surface area contributed by atoms with Gasteiger partial charge < -0.3 is 10.2 Å². The summed E-state index contributed by atoms with van der Waals surface area (Å²) in [6.07, 6.45) is 2.84. The van der Waals surface area contributed by atoms with Crippen molar-refractivity contribution in [2.45, 2.75) is 32.4 Å². The maximum atomic E-state index is 13.0. The van der Waals surface area contributed by atoms with E-state index in [4.69, 9.17) is 0 Å². The molecular weight excluding hydrogens is 408 g/mol. The van der Waals surface area contributed by atoms with Crippen LogP contribution < -0.4 is 10.9 Å². The Bertz CT molecular complexity index is 1030. The number of hydrogen-bond donors (Lipinski definition) is 1. The van der Waals surface area contributed by atoms with Gasteiger partial charge in [0.05, 0.1) is 17.8 Å². The van der Waals surface area contributed by atoms with Gasteiger partial charge in [-0.1, -0.05) is 31.2 Å². The lowest BCUT2D eigenvalue weighted by Gasteiger charge is -2.36. The number of carbonyl (C=O) groups is 1. The van der Waals surface area contributed by atoms with Crippen molar-refractivity contribution in [1.29, 1.82) is 0 Å². The van der Waals surface area contributed by atoms with Crippen LogP contribution in [0, 0.1) is 0 Å². The monoisotopic (exact) mass is 432 g/mol. The predicted octanol–water partition coefficient (Wildman–Crippen LogP) is 3.01. The number of amides is 1. The first-order valence-electron chi connectivity index (χ1n) is 9.69. The van der Waals surface area contributed by atoms with Crippen LogP contribution >= 0.6 is 23.7 Å². The Morgan fingerprint density at radius 1 is 1.28 bits per heavy atom. The Labute approximate surface area is 180 Å². The van der Waals surface area contributed by atoms with E-state index in [2.05, 4.69) is 41.5 Å². The zero-order chi connectivity index (χ0) is 19.5. The number of hydrogen-bond acceptors (Lipinski definition) is 5. The number of rotatable bonds is 5. The van der Waals surface area contributed by atoms with Crippen molar-refractivity contribution in [1.82, 2.24) is 19.8 Å². The molecule has 1 saturated heterocycles. The standard InChI is InChI=1S/C21H24N4O2S.ClH/c1-2-15-3-5-16(6-4-15)18-13-22-9-11-25(18)19(26)7-10-24-14-23-20-17(21(24)27)8-12-28-20;/h3-6,8,12,14,18,22H,2,7,9-11,13H2,1H3;1H. The van der Waals surface area contributed by atoms with Crippen molar-refractivity contribution in [3.8, 4) is 0 Å². The number of aryl methyl sites for hydroxylation is 2. The Kier molecular flexibility index (Phi) is 7.05. The molecule has 0 radical (unpaired) electrons. The summed E-state index contributed by atoms with van der Waals surface area (Å²) in [4.78, 5) is 32.5. The molecule has 0 bridgehead atoms. The van der Waals surface area contributed by atoms with Crippen LogP contribution in [0.25, 0.3) is 10.2 Å². The van der Waals surface area contributed by atoms with Gasteiger partial charge in [-0.15, -0.1) is 23.7 Å². The second-order valence-electron chi connectivity index (χ2n) is 7.03. The molecule has 1 fully saturated rings. The lowest BCUT2D eigenvalue weighted by Crippen LogP contribution is -2.49. The third-order valence-corrected chi connectivity index (χ3v) is 6.17. The van der Waals surface area contributed by atoms with Gasteiger partial charge in [-0.2, -0.15) is 0 Å². The number of benzene rings is 1. The van der Waals surface area contributed by atoms with Gasteiger partial charge in [0.2, 0.25) is 5.91 Å². The molecule has 1 unspecified atom stereocenters. The Balaban J connectivity index is 0.00000240. The molecule has 6 nitrogen and oxygen atoms in total. The van der Waals surface area contributed by atoms with Gasteiger partial charge in [0.15, 0.2) is 0 Å². The smallest absolute Gasteiger partial charge is 0.262 e. The molecular formula is C21H25ClN4O2S. The molecule has 3 aromatic rings. The normalized spacial score (nSPS) is 16.6. The highest BCUT2D eigenvalue weighted by atomic mass is 35.5. The number of halogens is 1. The summed E-state index contributed by atoms with van der Waals surface area (Å²) >= 11 is 1.45. The molecule has 0 aliphatic carbocycles. The minimum atomic E-state index is -0.0777. The molecule has 1 N–H and O–H groups in total. The average Bonchev–Trinajstić information content (AvgIpc) is 3.23. The van der Waals surface area contributed by atoms with E-state index < -0.39 is 0 Å². The first kappa shape index (κ1) is 21.5. The maximum absolute atomic E-state index is 13.0. The minimum absolute atomic E-state index is 0. The molecule has 3 heterocycles. The first-order chi connectivity index (χ1) is 13.7. The summed E-state index contributed by atoms with van der Waals surface area (Å²) in [6.45, 7) is 4.70. The number of nitrogens with zero attached hydrogens (tertiary/aromatic N) is 3. The molecule has 2 aromatic heterocycles. The van der Waals surface area contributed by atoms with Gasteiger partial charge in [0, 0.05) is 32.6 Å². The van der Waals surface area contributed by atoms with Crippen LogP contribution in [-0.4, -0.2) is 40.0 Å². The van der Waals surface area contributed by atoms with E-state index >= 15 is 0 Å². The van der Waals surface area contributed by atoms with Crippen LogP contribution in [0.1, 0.15) is 30.5 Å². The van der Waals surface area contributed by atoms with E-state index in [9.17, 15) is 9.59 Å². The number of aromatic nitrogens is 2. The molecule has 4 rings (SSSR count). The molecule has 1 aromatic carbocycles. The Morgan fingerprint density at radius 3 is 2.83 bits per heavy atom. The fourth-order valence-electron chi connectivity index (χ4n) is 3.69. The summed E-state index contributed by atoms with van der Waals surface area (Å²) in [5.41, 5.74) is 2.36. The van der Waals surface area contributed by atoms with E-state index in [1.807, 2.05) is 10.3 Å². The third-order valence-electron chi connectivity index (χ3n) is 5.35. The van der Waals surface area contributed by atoms with Crippen molar-refractivity contribution in [3.05, 3.63) is 63.5 Å². The molecule has 0 saturated carbocycles. The van der Waals surface area contributed by atoms with Gasteiger partial charge in [-0.05, 0) is 29.0 Å². The second-order valence-corrected chi connectivity index (χ2v) is 7.93. The highest BCUT2D eigenvalue weighted by molar-refractivity contribution is 7.16. The van der Waals surface area contributed by atoms with Gasteiger partial charge in [0.1, 0.15) is 4.83 Å². The van der Waals surface area contributed by atoms with Crippen LogP contribution in [0.5, 0.6) is 0 Å². The van der Waals surface area contributed by atoms with Crippen molar-refractivity contribution >= 4 is 39.9 Å². The summed E-state index contributed by atoms with van der Waals surface area (Å²) < 4.78 is 1.54. The summed E-state index contributed by atoms with van der Waals surface area (Å²) in [6, 6.07) is 10.3. The number of thiophene rings is 1. The zero-order valence-electron chi connectivity index (χ0n) is 16.3. The van der Waals surface area contributed by atoms with Gasteiger partial charge in [-0.3, -0.25) is 14.2 Å². The van der Waals surface area contributed by atoms with Gasteiger partial charge >= 0.3 is 0 Å². The van der Waals surface area contributed by atoms with Crippen LogP contribution in [0.3, 0.4) is 0 Å². The fraction of sp³-hybridized carbons (Fsp3) is 0.381. The van der Waals surface area contributed by atoms with Crippen LogP contribution in [0.2, 0.25) is 0 Å². The van der Waals surface area contributed by atoms with E-state index in [1.54, 1.807) is 17.0 Å². The van der Waals surface area contributed by atoms with E-state index in [1.165, 1.54) is 16.9 Å². The van der Waals surface area contributed by atoms with Crippen molar-refractivity contribution in [2.24, 2.45) is 0 Å². The van der Waals surface area contributed by atoms with E-state index in [0.717, 1.165) is 29.9 Å². The van der Waals surface area contributed by atoms with E-state index in [-0.39, 0.29) is 29.9 Å². The fourth-order valence-corrected chi connectivity index (χ4v) is 4.41. The molecule has 1 aliphatic rings. The van der Waals surface area contributed by atoms with Crippen LogP contribution in [0.15, 0.2) is 46.8 Å². The predicted molar refractivity (Wildman–Crippen MR) is 119 cm³/mol. The van der Waals surface area contributed by atoms with Gasteiger partial charge in [0.25, 0.3) is 5.56 Å². The average molecular weight is 433 g/mol. The molecule has 1 amide bonds. The van der Waals surface area contributed by atoms with Crippen LogP contribution in [0.4, 0.5) is 0 Å². The number of piperazine rings is 1. The summed E-state index contributed by atoms with van der Waals surface area (Å²) in [7, 11) is 0. The number of fused-ring (bicyclic) bond motifs is 1. The second kappa shape index (κ2) is 9.52. The largest absolute Gasteiger partial charge is 0.333 e. The van der Waals surface area contributed by atoms with Crippen LogP contribution in [-0.2, 0) is 17.8 Å². The van der Waals surface area contributed by atoms with Crippen molar-refractivity contribution in [2.75, 3.05) is 19.6 Å². The molecule has 154 valence electrons. The quantitative estimate of drug-likeness (QED) is 0.673. The van der Waals surface area contributed by atoms with E-state index in [0.29, 0.717) is 24.9 Å². The van der Waals surface area contributed by atoms with Crippen molar-refractivity contribution in [3.63, 3.8) is 0 Å². The Hall–Kier alpha value is -2.22. The lowest BCUT2D eigenvalue weighted by atomic mass is 10.0. The number of carbonyl (C=O) groups excluding carboxylic acids is 1. The summed E-state index contributed by atoms with van der Waals surface area (Å²) in [5, 5.41) is 5.87. The highest BCUT2D eigenvalue weighted by Crippen LogP contribution is 2.24. The van der Waals surface area contributed by atoms with Gasteiger partial charge in [-0.25, -0.2) is 4.98 Å². The first-order valence-corrected chi connectivity index (χ1v) is 10.6. The number of nitrogens with one attached hydrogen (secondary N) is 1. The van der Waals surface area contributed by atoms with Crippen molar-refractivity contribution < 1.29 is 4.79 Å². The molecule has 0 spiro atoms. The molecule has 8 heteroatoms. The Morgan fingerprint density at radius 2 is 2.07 bits per heavy atom. The molecule has 1 atom stereocenters. The lowest BCUT2D eigenvalue weighted by molar-refractivity contribution is -0.134. The molecule has 29 heavy (non-hydrogen) atoms. The SMILES string of the molecule is CCc1ccc(C2CNCCN2C(=O)CCn2cnc3sccc3c2=O)cc1.Cl. The third kappa shape index (κ3) is 4.52. The molecule has 1 aliphatic heterocycles.